The maximum Gasteiger partial charge on any atom is 0.0121 e. The first-order valence-electron chi connectivity index (χ1n) is 7.44. The molecule has 0 aliphatic heterocycles. The Morgan fingerprint density at radius 3 is 2.38 bits per heavy atom. The predicted octanol–water partition coefficient (Wildman–Crippen LogP) is 4.23. The van der Waals surface area contributed by atoms with Gasteiger partial charge in [-0.2, -0.15) is 0 Å². The standard InChI is InChI=1S/C15H31N/c1-5-11-16-15(12(3)4)14-10-8-7-9-13(14)6-2/h12-16H,5-11H2,1-4H3. The Morgan fingerprint density at radius 1 is 1.12 bits per heavy atom. The Morgan fingerprint density at radius 2 is 1.81 bits per heavy atom. The largest absolute Gasteiger partial charge is 0.313 e. The molecule has 0 amide bonds. The Balaban J connectivity index is 2.58. The molecular formula is C15H31N. The van der Waals surface area contributed by atoms with Crippen molar-refractivity contribution in [3.05, 3.63) is 0 Å². The van der Waals surface area contributed by atoms with Crippen molar-refractivity contribution in [2.75, 3.05) is 6.54 Å². The molecule has 96 valence electrons. The van der Waals surface area contributed by atoms with E-state index in [0.29, 0.717) is 0 Å². The van der Waals surface area contributed by atoms with Gasteiger partial charge in [-0.1, -0.05) is 53.4 Å². The molecule has 0 aromatic rings. The van der Waals surface area contributed by atoms with Crippen molar-refractivity contribution >= 4 is 0 Å². The van der Waals surface area contributed by atoms with Gasteiger partial charge in [0.2, 0.25) is 0 Å². The van der Waals surface area contributed by atoms with Crippen molar-refractivity contribution < 1.29 is 0 Å². The minimum Gasteiger partial charge on any atom is -0.313 e. The lowest BCUT2D eigenvalue weighted by Crippen LogP contribution is -2.44. The number of hydrogen-bond donors (Lipinski definition) is 1. The molecule has 1 aliphatic carbocycles. The Bertz CT molecular complexity index is 176. The lowest BCUT2D eigenvalue weighted by molar-refractivity contribution is 0.147. The fraction of sp³-hybridized carbons (Fsp3) is 1.00. The predicted molar refractivity (Wildman–Crippen MR) is 72.7 cm³/mol. The summed E-state index contributed by atoms with van der Waals surface area (Å²) in [7, 11) is 0. The second-order valence-corrected chi connectivity index (χ2v) is 5.84. The zero-order valence-electron chi connectivity index (χ0n) is 11.8. The van der Waals surface area contributed by atoms with Crippen LogP contribution in [0, 0.1) is 17.8 Å². The van der Waals surface area contributed by atoms with Gasteiger partial charge in [0.15, 0.2) is 0 Å². The van der Waals surface area contributed by atoms with Gasteiger partial charge in [-0.3, -0.25) is 0 Å². The second-order valence-electron chi connectivity index (χ2n) is 5.84. The van der Waals surface area contributed by atoms with E-state index in [1.165, 1.54) is 45.1 Å². The van der Waals surface area contributed by atoms with Gasteiger partial charge < -0.3 is 5.32 Å². The van der Waals surface area contributed by atoms with E-state index in [1.807, 2.05) is 0 Å². The molecule has 16 heavy (non-hydrogen) atoms. The normalized spacial score (nSPS) is 28.3. The quantitative estimate of drug-likeness (QED) is 0.713. The van der Waals surface area contributed by atoms with Crippen molar-refractivity contribution in [3.63, 3.8) is 0 Å². The Kier molecular flexibility index (Phi) is 6.41. The van der Waals surface area contributed by atoms with Crippen LogP contribution in [0.4, 0.5) is 0 Å². The summed E-state index contributed by atoms with van der Waals surface area (Å²) in [5.41, 5.74) is 0. The Labute approximate surface area is 102 Å². The summed E-state index contributed by atoms with van der Waals surface area (Å²) in [6, 6.07) is 0.755. The fourth-order valence-corrected chi connectivity index (χ4v) is 3.41. The van der Waals surface area contributed by atoms with Crippen LogP contribution in [-0.4, -0.2) is 12.6 Å². The van der Waals surface area contributed by atoms with Crippen molar-refractivity contribution in [1.29, 1.82) is 0 Å². The van der Waals surface area contributed by atoms with E-state index < -0.39 is 0 Å². The molecule has 1 aliphatic rings. The van der Waals surface area contributed by atoms with E-state index in [9.17, 15) is 0 Å². The van der Waals surface area contributed by atoms with Crippen LogP contribution in [0.15, 0.2) is 0 Å². The molecule has 0 bridgehead atoms. The van der Waals surface area contributed by atoms with Gasteiger partial charge in [0.1, 0.15) is 0 Å². The summed E-state index contributed by atoms with van der Waals surface area (Å²) < 4.78 is 0. The van der Waals surface area contributed by atoms with E-state index >= 15 is 0 Å². The van der Waals surface area contributed by atoms with E-state index in [0.717, 1.165) is 23.8 Å². The lowest BCUT2D eigenvalue weighted by atomic mass is 9.71. The first-order chi connectivity index (χ1) is 7.70. The summed E-state index contributed by atoms with van der Waals surface area (Å²) in [5.74, 6) is 2.69. The molecule has 1 saturated carbocycles. The zero-order chi connectivity index (χ0) is 12.0. The maximum atomic E-state index is 3.80. The molecular weight excluding hydrogens is 194 g/mol. The molecule has 0 spiro atoms. The average Bonchev–Trinajstić information content (AvgIpc) is 2.29. The topological polar surface area (TPSA) is 12.0 Å². The van der Waals surface area contributed by atoms with Crippen LogP contribution in [0.5, 0.6) is 0 Å². The van der Waals surface area contributed by atoms with Gasteiger partial charge in [-0.25, -0.2) is 0 Å². The van der Waals surface area contributed by atoms with Crippen molar-refractivity contribution in [2.24, 2.45) is 17.8 Å². The summed E-state index contributed by atoms with van der Waals surface area (Å²) in [6.07, 6.45) is 8.48. The van der Waals surface area contributed by atoms with Crippen LogP contribution in [0.3, 0.4) is 0 Å². The molecule has 0 radical (unpaired) electrons. The highest BCUT2D eigenvalue weighted by Crippen LogP contribution is 2.36. The highest BCUT2D eigenvalue weighted by atomic mass is 14.9. The van der Waals surface area contributed by atoms with E-state index in [-0.39, 0.29) is 0 Å². The highest BCUT2D eigenvalue weighted by Gasteiger charge is 2.31. The molecule has 3 unspecified atom stereocenters. The van der Waals surface area contributed by atoms with E-state index in [4.69, 9.17) is 0 Å². The molecule has 1 heteroatoms. The van der Waals surface area contributed by atoms with Gasteiger partial charge in [0.05, 0.1) is 0 Å². The van der Waals surface area contributed by atoms with Crippen LogP contribution in [-0.2, 0) is 0 Å². The highest BCUT2D eigenvalue weighted by molar-refractivity contribution is 4.86. The molecule has 0 saturated heterocycles. The number of hydrogen-bond acceptors (Lipinski definition) is 1. The maximum absolute atomic E-state index is 3.80. The van der Waals surface area contributed by atoms with Crippen LogP contribution in [0.25, 0.3) is 0 Å². The molecule has 0 heterocycles. The van der Waals surface area contributed by atoms with E-state index in [1.54, 1.807) is 0 Å². The molecule has 1 rings (SSSR count). The Hall–Kier alpha value is -0.0400. The van der Waals surface area contributed by atoms with Gasteiger partial charge in [0, 0.05) is 6.04 Å². The third-order valence-electron chi connectivity index (χ3n) is 4.30. The van der Waals surface area contributed by atoms with Crippen molar-refractivity contribution in [3.8, 4) is 0 Å². The fourth-order valence-electron chi connectivity index (χ4n) is 3.41. The zero-order valence-corrected chi connectivity index (χ0v) is 11.8. The van der Waals surface area contributed by atoms with Gasteiger partial charge >= 0.3 is 0 Å². The van der Waals surface area contributed by atoms with Crippen LogP contribution < -0.4 is 5.32 Å². The monoisotopic (exact) mass is 225 g/mol. The minimum absolute atomic E-state index is 0.755. The van der Waals surface area contributed by atoms with Gasteiger partial charge in [0.25, 0.3) is 0 Å². The van der Waals surface area contributed by atoms with Crippen LogP contribution in [0.1, 0.15) is 66.2 Å². The molecule has 0 aromatic heterocycles. The summed E-state index contributed by atoms with van der Waals surface area (Å²) in [4.78, 5) is 0. The number of nitrogens with one attached hydrogen (secondary N) is 1. The summed E-state index contributed by atoms with van der Waals surface area (Å²) >= 11 is 0. The van der Waals surface area contributed by atoms with Crippen LogP contribution in [0.2, 0.25) is 0 Å². The van der Waals surface area contributed by atoms with Gasteiger partial charge in [-0.05, 0) is 37.1 Å². The SMILES string of the molecule is CCCNC(C(C)C)C1CCCCC1CC. The molecule has 0 aromatic carbocycles. The third-order valence-corrected chi connectivity index (χ3v) is 4.30. The van der Waals surface area contributed by atoms with Crippen molar-refractivity contribution in [1.82, 2.24) is 5.32 Å². The first kappa shape index (κ1) is 14.0. The third kappa shape index (κ3) is 3.76. The minimum atomic E-state index is 0.755. The molecule has 3 atom stereocenters. The van der Waals surface area contributed by atoms with Gasteiger partial charge in [-0.15, -0.1) is 0 Å². The van der Waals surface area contributed by atoms with Crippen LogP contribution >= 0.6 is 0 Å². The molecule has 1 nitrogen and oxygen atoms in total. The summed E-state index contributed by atoms with van der Waals surface area (Å²) in [6.45, 7) is 10.6. The summed E-state index contributed by atoms with van der Waals surface area (Å²) in [5, 5.41) is 3.80. The lowest BCUT2D eigenvalue weighted by Gasteiger charge is -2.39. The first-order valence-corrected chi connectivity index (χ1v) is 7.44. The molecule has 1 N–H and O–H groups in total. The smallest absolute Gasteiger partial charge is 0.0121 e. The average molecular weight is 225 g/mol. The van der Waals surface area contributed by atoms with E-state index in [2.05, 4.69) is 33.0 Å². The second kappa shape index (κ2) is 7.32. The number of rotatable bonds is 6. The molecule has 1 fully saturated rings. The van der Waals surface area contributed by atoms with Crippen molar-refractivity contribution in [2.45, 2.75) is 72.3 Å².